The molecule has 1 fully saturated rings. The van der Waals surface area contributed by atoms with E-state index in [4.69, 9.17) is 5.73 Å². The van der Waals surface area contributed by atoms with Crippen LogP contribution in [0.2, 0.25) is 0 Å². The molecule has 0 amide bonds. The lowest BCUT2D eigenvalue weighted by Crippen LogP contribution is -2.39. The first-order valence-corrected chi connectivity index (χ1v) is 8.53. The first kappa shape index (κ1) is 16.5. The summed E-state index contributed by atoms with van der Waals surface area (Å²) in [4.78, 5) is 2.48. The first-order chi connectivity index (χ1) is 9.97. The molecule has 118 valence electrons. The van der Waals surface area contributed by atoms with Gasteiger partial charge in [-0.15, -0.1) is 0 Å². The van der Waals surface area contributed by atoms with Gasteiger partial charge in [-0.1, -0.05) is 45.0 Å². The molecular weight excluding hydrogens is 256 g/mol. The van der Waals surface area contributed by atoms with Crippen LogP contribution in [-0.2, 0) is 0 Å². The highest BCUT2D eigenvalue weighted by Crippen LogP contribution is 2.27. The van der Waals surface area contributed by atoms with Crippen LogP contribution >= 0.6 is 0 Å². The SMILES string of the molecule is CC1CCC(N(C)CC(N)c2ccc(C(C)C)cc2)CC1. The fourth-order valence-electron chi connectivity index (χ4n) is 3.38. The molecule has 2 rings (SSSR count). The second-order valence-corrected chi connectivity index (χ2v) is 7.28. The van der Waals surface area contributed by atoms with E-state index in [1.165, 1.54) is 36.8 Å². The Morgan fingerprint density at radius 2 is 1.57 bits per heavy atom. The van der Waals surface area contributed by atoms with Crippen LogP contribution in [-0.4, -0.2) is 24.5 Å². The standard InChI is InChI=1S/C19H32N2/c1-14(2)16-7-9-17(10-8-16)19(20)13-21(4)18-11-5-15(3)6-12-18/h7-10,14-15,18-19H,5-6,11-13,20H2,1-4H3. The van der Waals surface area contributed by atoms with Gasteiger partial charge in [0.25, 0.3) is 0 Å². The zero-order valence-electron chi connectivity index (χ0n) is 14.2. The summed E-state index contributed by atoms with van der Waals surface area (Å²) in [7, 11) is 2.24. The van der Waals surface area contributed by atoms with Crippen LogP contribution in [0.4, 0.5) is 0 Å². The Balaban J connectivity index is 1.89. The third-order valence-electron chi connectivity index (χ3n) is 5.12. The third-order valence-corrected chi connectivity index (χ3v) is 5.12. The van der Waals surface area contributed by atoms with Crippen molar-refractivity contribution in [2.45, 2.75) is 64.5 Å². The van der Waals surface area contributed by atoms with E-state index in [2.05, 4.69) is 57.0 Å². The van der Waals surface area contributed by atoms with Crippen molar-refractivity contribution in [3.63, 3.8) is 0 Å². The van der Waals surface area contributed by atoms with E-state index in [0.29, 0.717) is 5.92 Å². The zero-order chi connectivity index (χ0) is 15.4. The molecule has 2 heteroatoms. The Bertz CT molecular complexity index is 416. The largest absolute Gasteiger partial charge is 0.323 e. The van der Waals surface area contributed by atoms with Crippen molar-refractivity contribution >= 4 is 0 Å². The van der Waals surface area contributed by atoms with Crippen LogP contribution in [0, 0.1) is 5.92 Å². The van der Waals surface area contributed by atoms with E-state index >= 15 is 0 Å². The van der Waals surface area contributed by atoms with Crippen molar-refractivity contribution in [3.8, 4) is 0 Å². The normalized spacial score (nSPS) is 24.5. The Morgan fingerprint density at radius 1 is 1.05 bits per heavy atom. The van der Waals surface area contributed by atoms with Gasteiger partial charge < -0.3 is 10.6 Å². The van der Waals surface area contributed by atoms with E-state index < -0.39 is 0 Å². The van der Waals surface area contributed by atoms with E-state index in [1.54, 1.807) is 0 Å². The highest BCUT2D eigenvalue weighted by atomic mass is 15.1. The molecule has 1 saturated carbocycles. The quantitative estimate of drug-likeness (QED) is 0.874. The summed E-state index contributed by atoms with van der Waals surface area (Å²) in [6.45, 7) is 7.79. The number of nitrogens with two attached hydrogens (primary N) is 1. The number of rotatable bonds is 5. The predicted octanol–water partition coefficient (Wildman–Crippen LogP) is 4.32. The topological polar surface area (TPSA) is 29.3 Å². The van der Waals surface area contributed by atoms with Crippen molar-refractivity contribution in [1.29, 1.82) is 0 Å². The maximum atomic E-state index is 6.41. The Morgan fingerprint density at radius 3 is 2.10 bits per heavy atom. The number of likely N-dealkylation sites (N-methyl/N-ethyl adjacent to an activating group) is 1. The van der Waals surface area contributed by atoms with Gasteiger partial charge in [-0.25, -0.2) is 0 Å². The van der Waals surface area contributed by atoms with Gasteiger partial charge in [0, 0.05) is 18.6 Å². The number of hydrogen-bond donors (Lipinski definition) is 1. The van der Waals surface area contributed by atoms with Crippen LogP contribution in [0.1, 0.15) is 69.5 Å². The van der Waals surface area contributed by atoms with Crippen molar-refractivity contribution in [3.05, 3.63) is 35.4 Å². The molecule has 0 heterocycles. The molecule has 0 bridgehead atoms. The fourth-order valence-corrected chi connectivity index (χ4v) is 3.38. The van der Waals surface area contributed by atoms with Crippen LogP contribution in [0.3, 0.4) is 0 Å². The molecule has 0 radical (unpaired) electrons. The third kappa shape index (κ3) is 4.55. The lowest BCUT2D eigenvalue weighted by Gasteiger charge is -2.35. The summed E-state index contributed by atoms with van der Waals surface area (Å²) < 4.78 is 0. The molecule has 1 aromatic carbocycles. The van der Waals surface area contributed by atoms with Gasteiger partial charge in [-0.3, -0.25) is 0 Å². The average molecular weight is 288 g/mol. The molecule has 1 aliphatic rings. The van der Waals surface area contributed by atoms with E-state index in [-0.39, 0.29) is 6.04 Å². The summed E-state index contributed by atoms with van der Waals surface area (Å²) in [6.07, 6.45) is 5.40. The second kappa shape index (κ2) is 7.42. The zero-order valence-corrected chi connectivity index (χ0v) is 14.2. The highest BCUT2D eigenvalue weighted by molar-refractivity contribution is 5.26. The van der Waals surface area contributed by atoms with Gasteiger partial charge in [-0.05, 0) is 55.7 Å². The first-order valence-electron chi connectivity index (χ1n) is 8.53. The predicted molar refractivity (Wildman–Crippen MR) is 91.5 cm³/mol. The molecule has 1 atom stereocenters. The lowest BCUT2D eigenvalue weighted by atomic mass is 9.86. The minimum Gasteiger partial charge on any atom is -0.323 e. The molecule has 0 aromatic heterocycles. The van der Waals surface area contributed by atoms with Crippen LogP contribution in [0.5, 0.6) is 0 Å². The van der Waals surface area contributed by atoms with Crippen LogP contribution < -0.4 is 5.73 Å². The molecule has 0 aliphatic heterocycles. The summed E-state index contributed by atoms with van der Waals surface area (Å²) >= 11 is 0. The fraction of sp³-hybridized carbons (Fsp3) is 0.684. The summed E-state index contributed by atoms with van der Waals surface area (Å²) in [6, 6.07) is 9.70. The Hall–Kier alpha value is -0.860. The number of hydrogen-bond acceptors (Lipinski definition) is 2. The van der Waals surface area contributed by atoms with E-state index in [1.807, 2.05) is 0 Å². The van der Waals surface area contributed by atoms with Gasteiger partial charge in [0.05, 0.1) is 0 Å². The molecule has 1 aliphatic carbocycles. The molecule has 21 heavy (non-hydrogen) atoms. The Labute approximate surface area is 130 Å². The van der Waals surface area contributed by atoms with Crippen molar-refractivity contribution < 1.29 is 0 Å². The minimum atomic E-state index is 0.121. The highest BCUT2D eigenvalue weighted by Gasteiger charge is 2.23. The number of nitrogens with zero attached hydrogens (tertiary/aromatic N) is 1. The Kier molecular flexibility index (Phi) is 5.83. The van der Waals surface area contributed by atoms with Gasteiger partial charge in [0.2, 0.25) is 0 Å². The molecule has 2 nitrogen and oxygen atoms in total. The summed E-state index contributed by atoms with van der Waals surface area (Å²) in [5.41, 5.74) is 9.06. The summed E-state index contributed by atoms with van der Waals surface area (Å²) in [5.74, 6) is 1.49. The minimum absolute atomic E-state index is 0.121. The molecule has 1 aromatic rings. The maximum absolute atomic E-state index is 6.41. The second-order valence-electron chi connectivity index (χ2n) is 7.28. The summed E-state index contributed by atoms with van der Waals surface area (Å²) in [5, 5.41) is 0. The monoisotopic (exact) mass is 288 g/mol. The maximum Gasteiger partial charge on any atom is 0.0424 e. The molecule has 0 saturated heterocycles. The molecule has 1 unspecified atom stereocenters. The van der Waals surface area contributed by atoms with Crippen molar-refractivity contribution in [1.82, 2.24) is 4.90 Å². The van der Waals surface area contributed by atoms with E-state index in [0.717, 1.165) is 18.5 Å². The van der Waals surface area contributed by atoms with Crippen LogP contribution in [0.15, 0.2) is 24.3 Å². The smallest absolute Gasteiger partial charge is 0.0424 e. The van der Waals surface area contributed by atoms with Gasteiger partial charge in [-0.2, -0.15) is 0 Å². The van der Waals surface area contributed by atoms with Crippen LogP contribution in [0.25, 0.3) is 0 Å². The van der Waals surface area contributed by atoms with Crippen molar-refractivity contribution in [2.24, 2.45) is 11.7 Å². The van der Waals surface area contributed by atoms with Gasteiger partial charge in [0.15, 0.2) is 0 Å². The average Bonchev–Trinajstić information content (AvgIpc) is 2.47. The van der Waals surface area contributed by atoms with Gasteiger partial charge >= 0.3 is 0 Å². The molecular formula is C19H32N2. The van der Waals surface area contributed by atoms with Crippen molar-refractivity contribution in [2.75, 3.05) is 13.6 Å². The molecule has 0 spiro atoms. The van der Waals surface area contributed by atoms with Gasteiger partial charge in [0.1, 0.15) is 0 Å². The lowest BCUT2D eigenvalue weighted by molar-refractivity contribution is 0.162. The molecule has 2 N–H and O–H groups in total. The van der Waals surface area contributed by atoms with E-state index in [9.17, 15) is 0 Å². The number of benzene rings is 1.